The molecule has 1 atom stereocenters. The summed E-state index contributed by atoms with van der Waals surface area (Å²) in [4.78, 5) is 15.9. The molecular formula is C20H33N3O4. The van der Waals surface area contributed by atoms with E-state index in [0.717, 1.165) is 38.3 Å². The molecule has 0 aromatic heterocycles. The van der Waals surface area contributed by atoms with E-state index in [1.54, 1.807) is 7.11 Å². The van der Waals surface area contributed by atoms with Gasteiger partial charge in [-0.05, 0) is 30.8 Å². The molecule has 152 valence electrons. The Balaban J connectivity index is 1.96. The van der Waals surface area contributed by atoms with Crippen LogP contribution in [0.3, 0.4) is 0 Å². The van der Waals surface area contributed by atoms with Crippen molar-refractivity contribution >= 4 is 5.91 Å². The van der Waals surface area contributed by atoms with Crippen LogP contribution >= 0.6 is 0 Å². The van der Waals surface area contributed by atoms with Crippen LogP contribution in [0.4, 0.5) is 0 Å². The molecule has 1 amide bonds. The van der Waals surface area contributed by atoms with Crippen LogP contribution in [-0.2, 0) is 11.3 Å². The number of aliphatic hydroxyl groups is 1. The lowest BCUT2D eigenvalue weighted by atomic mass is 10.2. The predicted octanol–water partition coefficient (Wildman–Crippen LogP) is 1.10. The van der Waals surface area contributed by atoms with Crippen LogP contribution in [0.15, 0.2) is 18.2 Å². The fraction of sp³-hybridized carbons (Fsp3) is 0.650. The van der Waals surface area contributed by atoms with Gasteiger partial charge >= 0.3 is 0 Å². The van der Waals surface area contributed by atoms with Gasteiger partial charge in [0.05, 0.1) is 7.11 Å². The minimum atomic E-state index is -0.555. The molecule has 0 radical (unpaired) electrons. The molecule has 0 aliphatic carbocycles. The van der Waals surface area contributed by atoms with Gasteiger partial charge in [0.25, 0.3) is 0 Å². The average molecular weight is 380 g/mol. The maximum Gasteiger partial charge on any atom is 0.221 e. The first-order valence-electron chi connectivity index (χ1n) is 9.74. The van der Waals surface area contributed by atoms with Crippen molar-refractivity contribution in [3.8, 4) is 11.5 Å². The number of hydrogen-bond acceptors (Lipinski definition) is 6. The minimum absolute atomic E-state index is 0.110. The van der Waals surface area contributed by atoms with Gasteiger partial charge in [0, 0.05) is 39.1 Å². The second-order valence-corrected chi connectivity index (χ2v) is 6.81. The van der Waals surface area contributed by atoms with Crippen molar-refractivity contribution < 1.29 is 19.4 Å². The molecule has 27 heavy (non-hydrogen) atoms. The molecule has 1 fully saturated rings. The molecule has 1 aliphatic heterocycles. The summed E-state index contributed by atoms with van der Waals surface area (Å²) in [5.74, 6) is 1.40. The molecule has 1 aromatic rings. The summed E-state index contributed by atoms with van der Waals surface area (Å²) in [7, 11) is 1.61. The summed E-state index contributed by atoms with van der Waals surface area (Å²) in [5.41, 5.74) is 1.10. The number of carbonyl (C=O) groups excluding carboxylic acids is 1. The summed E-state index contributed by atoms with van der Waals surface area (Å²) in [6.07, 6.45) is -0.0298. The summed E-state index contributed by atoms with van der Waals surface area (Å²) in [6.45, 7) is 9.77. The minimum Gasteiger partial charge on any atom is -0.493 e. The van der Waals surface area contributed by atoms with Crippen LogP contribution in [-0.4, -0.2) is 79.9 Å². The number of amides is 1. The number of carbonyl (C=O) groups is 1. The van der Waals surface area contributed by atoms with Crippen molar-refractivity contribution in [2.45, 2.75) is 32.9 Å². The molecule has 1 saturated heterocycles. The lowest BCUT2D eigenvalue weighted by Gasteiger charge is -2.23. The third kappa shape index (κ3) is 7.01. The van der Waals surface area contributed by atoms with E-state index in [-0.39, 0.29) is 12.5 Å². The predicted molar refractivity (Wildman–Crippen MR) is 105 cm³/mol. The van der Waals surface area contributed by atoms with Crippen molar-refractivity contribution in [1.29, 1.82) is 0 Å². The molecule has 1 aromatic carbocycles. The van der Waals surface area contributed by atoms with Crippen LogP contribution in [0.1, 0.15) is 25.8 Å². The zero-order valence-corrected chi connectivity index (χ0v) is 16.7. The summed E-state index contributed by atoms with van der Waals surface area (Å²) >= 11 is 0. The van der Waals surface area contributed by atoms with Gasteiger partial charge < -0.3 is 24.8 Å². The number of nitrogens with one attached hydrogen (secondary N) is 1. The Kier molecular flexibility index (Phi) is 8.84. The number of rotatable bonds is 10. The first-order chi connectivity index (χ1) is 13.0. The number of benzene rings is 1. The highest BCUT2D eigenvalue weighted by atomic mass is 16.5. The monoisotopic (exact) mass is 379 g/mol. The summed E-state index contributed by atoms with van der Waals surface area (Å²) in [5, 5.41) is 13.1. The van der Waals surface area contributed by atoms with E-state index in [4.69, 9.17) is 9.47 Å². The van der Waals surface area contributed by atoms with Crippen molar-refractivity contribution in [2.24, 2.45) is 0 Å². The molecule has 0 bridgehead atoms. The third-order valence-corrected chi connectivity index (χ3v) is 4.83. The number of likely N-dealkylation sites (N-methyl/N-ethyl adjacent to an activating group) is 1. The SMILES string of the molecule is CCN(CC)C[C@@H](O)COc1cc(CN2CCNC(=O)CC2)ccc1OC. The Morgan fingerprint density at radius 2 is 2.04 bits per heavy atom. The maximum absolute atomic E-state index is 11.5. The molecular weight excluding hydrogens is 346 g/mol. The first kappa shape index (κ1) is 21.5. The van der Waals surface area contributed by atoms with Gasteiger partial charge in [0.2, 0.25) is 5.91 Å². The molecule has 0 spiro atoms. The van der Waals surface area contributed by atoms with Crippen LogP contribution in [0, 0.1) is 0 Å². The highest BCUT2D eigenvalue weighted by Crippen LogP contribution is 2.29. The molecule has 7 nitrogen and oxygen atoms in total. The number of ether oxygens (including phenoxy) is 2. The number of aliphatic hydroxyl groups excluding tert-OH is 1. The zero-order chi connectivity index (χ0) is 19.6. The molecule has 0 unspecified atom stereocenters. The lowest BCUT2D eigenvalue weighted by molar-refractivity contribution is -0.120. The van der Waals surface area contributed by atoms with Gasteiger partial charge in [-0.3, -0.25) is 9.69 Å². The Morgan fingerprint density at radius 3 is 2.74 bits per heavy atom. The fourth-order valence-corrected chi connectivity index (χ4v) is 3.18. The fourth-order valence-electron chi connectivity index (χ4n) is 3.18. The second kappa shape index (κ2) is 11.1. The lowest BCUT2D eigenvalue weighted by Crippen LogP contribution is -2.35. The number of methoxy groups -OCH3 is 1. The van der Waals surface area contributed by atoms with Gasteiger partial charge in [-0.1, -0.05) is 19.9 Å². The first-order valence-corrected chi connectivity index (χ1v) is 9.74. The van der Waals surface area contributed by atoms with E-state index in [2.05, 4.69) is 29.0 Å². The highest BCUT2D eigenvalue weighted by molar-refractivity contribution is 5.76. The standard InChI is InChI=1S/C20H33N3O4/c1-4-22(5-2)14-17(24)15-27-19-12-16(6-7-18(19)26-3)13-23-10-8-20(25)21-9-11-23/h6-7,12,17,24H,4-5,8-11,13-15H2,1-3H3,(H,21,25)/t17-/m1/s1. The molecule has 1 aliphatic rings. The Hall–Kier alpha value is -1.83. The largest absolute Gasteiger partial charge is 0.493 e. The van der Waals surface area contributed by atoms with E-state index in [1.165, 1.54) is 0 Å². The van der Waals surface area contributed by atoms with E-state index in [0.29, 0.717) is 31.0 Å². The van der Waals surface area contributed by atoms with E-state index in [9.17, 15) is 9.90 Å². The van der Waals surface area contributed by atoms with Gasteiger partial charge in [-0.25, -0.2) is 0 Å². The molecule has 2 rings (SSSR count). The van der Waals surface area contributed by atoms with Gasteiger partial charge in [0.1, 0.15) is 12.7 Å². The van der Waals surface area contributed by atoms with Crippen LogP contribution in [0.25, 0.3) is 0 Å². The van der Waals surface area contributed by atoms with Crippen LogP contribution in [0.2, 0.25) is 0 Å². The van der Waals surface area contributed by atoms with Crippen molar-refractivity contribution in [3.05, 3.63) is 23.8 Å². The quantitative estimate of drug-likeness (QED) is 0.634. The van der Waals surface area contributed by atoms with Crippen molar-refractivity contribution in [1.82, 2.24) is 15.1 Å². The van der Waals surface area contributed by atoms with Crippen molar-refractivity contribution in [2.75, 3.05) is 53.0 Å². The van der Waals surface area contributed by atoms with E-state index < -0.39 is 6.10 Å². The van der Waals surface area contributed by atoms with Gasteiger partial charge in [0.15, 0.2) is 11.5 Å². The Bertz CT molecular complexity index is 593. The van der Waals surface area contributed by atoms with E-state index in [1.807, 2.05) is 18.2 Å². The second-order valence-electron chi connectivity index (χ2n) is 6.81. The third-order valence-electron chi connectivity index (χ3n) is 4.83. The van der Waals surface area contributed by atoms with Crippen molar-refractivity contribution in [3.63, 3.8) is 0 Å². The average Bonchev–Trinajstić information content (AvgIpc) is 2.88. The van der Waals surface area contributed by atoms with Crippen LogP contribution in [0.5, 0.6) is 11.5 Å². The Morgan fingerprint density at radius 1 is 1.26 bits per heavy atom. The number of hydrogen-bond donors (Lipinski definition) is 2. The maximum atomic E-state index is 11.5. The summed E-state index contributed by atoms with van der Waals surface area (Å²) < 4.78 is 11.3. The number of nitrogens with zero attached hydrogens (tertiary/aromatic N) is 2. The topological polar surface area (TPSA) is 74.3 Å². The highest BCUT2D eigenvalue weighted by Gasteiger charge is 2.16. The van der Waals surface area contributed by atoms with Gasteiger partial charge in [-0.2, -0.15) is 0 Å². The summed E-state index contributed by atoms with van der Waals surface area (Å²) in [6, 6.07) is 5.87. The Labute approximate surface area is 162 Å². The normalized spacial score (nSPS) is 16.7. The molecule has 1 heterocycles. The zero-order valence-electron chi connectivity index (χ0n) is 16.7. The van der Waals surface area contributed by atoms with Gasteiger partial charge in [-0.15, -0.1) is 0 Å². The molecule has 2 N–H and O–H groups in total. The molecule has 7 heteroatoms. The van der Waals surface area contributed by atoms with E-state index >= 15 is 0 Å². The van der Waals surface area contributed by atoms with Crippen LogP contribution < -0.4 is 14.8 Å². The molecule has 0 saturated carbocycles. The smallest absolute Gasteiger partial charge is 0.221 e.